The topological polar surface area (TPSA) is 99.4 Å². The van der Waals surface area contributed by atoms with Gasteiger partial charge in [-0.2, -0.15) is 0 Å². The predicted octanol–water partition coefficient (Wildman–Crippen LogP) is 4.50. The summed E-state index contributed by atoms with van der Waals surface area (Å²) in [5.41, 5.74) is 1.15. The van der Waals surface area contributed by atoms with Crippen molar-refractivity contribution in [2.24, 2.45) is 0 Å². The summed E-state index contributed by atoms with van der Waals surface area (Å²) >= 11 is 0. The zero-order valence-corrected chi connectivity index (χ0v) is 20.4. The monoisotopic (exact) mass is 466 g/mol. The Kier molecular flexibility index (Phi) is 14.0. The van der Waals surface area contributed by atoms with E-state index < -0.39 is 37.3 Å². The largest absolute Gasteiger partial charge is 0.462 e. The third kappa shape index (κ3) is 10.3. The number of aliphatic hydroxyl groups excluding tert-OH is 4. The molecule has 0 spiro atoms. The van der Waals surface area contributed by atoms with Crippen LogP contribution in [0.5, 0.6) is 5.75 Å². The van der Waals surface area contributed by atoms with E-state index in [4.69, 9.17) is 9.47 Å². The fraction of sp³-hybridized carbons (Fsp3) is 0.778. The van der Waals surface area contributed by atoms with Gasteiger partial charge in [-0.1, -0.05) is 96.1 Å². The maximum absolute atomic E-state index is 10.1. The molecule has 0 aromatic heterocycles. The van der Waals surface area contributed by atoms with E-state index in [1.807, 2.05) is 12.1 Å². The van der Waals surface area contributed by atoms with E-state index in [-0.39, 0.29) is 0 Å². The first-order valence-electron chi connectivity index (χ1n) is 13.1. The Bertz CT molecular complexity index is 622. The van der Waals surface area contributed by atoms with Crippen LogP contribution in [0.2, 0.25) is 0 Å². The molecule has 2 rings (SSSR count). The molecule has 1 aliphatic heterocycles. The minimum atomic E-state index is -1.44. The average Bonchev–Trinajstić information content (AvgIpc) is 2.82. The van der Waals surface area contributed by atoms with Crippen molar-refractivity contribution in [2.75, 3.05) is 6.61 Å². The van der Waals surface area contributed by atoms with Crippen molar-refractivity contribution < 1.29 is 29.9 Å². The summed E-state index contributed by atoms with van der Waals surface area (Å²) in [5.74, 6) is 0.534. The fourth-order valence-electron chi connectivity index (χ4n) is 4.42. The smallest absolute Gasteiger partial charge is 0.229 e. The number of rotatable bonds is 17. The van der Waals surface area contributed by atoms with Gasteiger partial charge in [-0.05, 0) is 30.5 Å². The lowest BCUT2D eigenvalue weighted by Crippen LogP contribution is -2.60. The van der Waals surface area contributed by atoms with Crippen molar-refractivity contribution in [1.82, 2.24) is 0 Å². The summed E-state index contributed by atoms with van der Waals surface area (Å²) in [5, 5.41) is 39.3. The maximum atomic E-state index is 10.1. The molecule has 2 unspecified atom stereocenters. The Morgan fingerprint density at radius 2 is 1.33 bits per heavy atom. The normalized spacial score (nSPS) is 25.3. The Labute approximate surface area is 199 Å². The lowest BCUT2D eigenvalue weighted by molar-refractivity contribution is -0.277. The van der Waals surface area contributed by atoms with E-state index in [1.165, 1.54) is 77.0 Å². The van der Waals surface area contributed by atoms with Crippen LogP contribution in [0.15, 0.2) is 24.3 Å². The highest BCUT2D eigenvalue weighted by molar-refractivity contribution is 5.28. The van der Waals surface area contributed by atoms with Crippen molar-refractivity contribution in [3.63, 3.8) is 0 Å². The molecule has 4 N–H and O–H groups in total. The van der Waals surface area contributed by atoms with Gasteiger partial charge >= 0.3 is 0 Å². The minimum absolute atomic E-state index is 0.468. The van der Waals surface area contributed by atoms with Crippen LogP contribution in [0.1, 0.15) is 96.0 Å². The van der Waals surface area contributed by atoms with Crippen LogP contribution in [-0.4, -0.2) is 57.7 Å². The summed E-state index contributed by atoms with van der Waals surface area (Å²) in [6, 6.07) is 7.65. The number of unbranched alkanes of at least 4 members (excludes halogenated alkanes) is 12. The van der Waals surface area contributed by atoms with Crippen molar-refractivity contribution in [3.8, 4) is 5.75 Å². The molecule has 1 aromatic rings. The van der Waals surface area contributed by atoms with Crippen molar-refractivity contribution in [1.29, 1.82) is 0 Å². The summed E-state index contributed by atoms with van der Waals surface area (Å²) in [7, 11) is 0. The average molecular weight is 467 g/mol. The molecule has 0 saturated carbocycles. The number of benzene rings is 1. The van der Waals surface area contributed by atoms with Gasteiger partial charge in [-0.25, -0.2) is 0 Å². The molecule has 0 radical (unpaired) electrons. The summed E-state index contributed by atoms with van der Waals surface area (Å²) in [6.07, 6.45) is 12.0. The first-order valence-corrected chi connectivity index (χ1v) is 13.1. The van der Waals surface area contributed by atoms with Crippen LogP contribution in [-0.2, 0) is 11.2 Å². The SMILES string of the molecule is CCCCCCCCCCCCCCCc1cccc(O[C@@H]2OC(CO)[C@H](O)[C@H](O)C2O)c1. The van der Waals surface area contributed by atoms with Gasteiger partial charge in [0.25, 0.3) is 0 Å². The molecular weight excluding hydrogens is 420 g/mol. The third-order valence-electron chi connectivity index (χ3n) is 6.57. The lowest BCUT2D eigenvalue weighted by atomic mass is 9.99. The molecule has 6 heteroatoms. The highest BCUT2D eigenvalue weighted by Gasteiger charge is 2.44. The molecule has 1 heterocycles. The van der Waals surface area contributed by atoms with Gasteiger partial charge in [-0.15, -0.1) is 0 Å². The molecule has 1 aromatic carbocycles. The van der Waals surface area contributed by atoms with Crippen LogP contribution in [0.25, 0.3) is 0 Å². The van der Waals surface area contributed by atoms with Crippen molar-refractivity contribution >= 4 is 0 Å². The summed E-state index contributed by atoms with van der Waals surface area (Å²) in [4.78, 5) is 0. The highest BCUT2D eigenvalue weighted by Crippen LogP contribution is 2.25. The number of aryl methyl sites for hydroxylation is 1. The number of aliphatic hydroxyl groups is 4. The highest BCUT2D eigenvalue weighted by atomic mass is 16.7. The first kappa shape index (κ1) is 28.1. The second-order valence-electron chi connectivity index (χ2n) is 9.46. The minimum Gasteiger partial charge on any atom is -0.462 e. The molecule has 1 saturated heterocycles. The number of ether oxygens (including phenoxy) is 2. The third-order valence-corrected chi connectivity index (χ3v) is 6.57. The number of hydrogen-bond acceptors (Lipinski definition) is 6. The fourth-order valence-corrected chi connectivity index (χ4v) is 4.42. The van der Waals surface area contributed by atoms with E-state index in [0.29, 0.717) is 5.75 Å². The van der Waals surface area contributed by atoms with E-state index >= 15 is 0 Å². The van der Waals surface area contributed by atoms with E-state index in [2.05, 4.69) is 13.0 Å². The van der Waals surface area contributed by atoms with Gasteiger partial charge in [0.1, 0.15) is 30.2 Å². The van der Waals surface area contributed by atoms with Gasteiger partial charge in [0.2, 0.25) is 6.29 Å². The van der Waals surface area contributed by atoms with E-state index in [0.717, 1.165) is 18.4 Å². The molecule has 1 fully saturated rings. The second kappa shape index (κ2) is 16.4. The predicted molar refractivity (Wildman–Crippen MR) is 130 cm³/mol. The van der Waals surface area contributed by atoms with Crippen LogP contribution in [0, 0.1) is 0 Å². The van der Waals surface area contributed by atoms with Gasteiger partial charge in [-0.3, -0.25) is 0 Å². The molecule has 1 aliphatic rings. The Morgan fingerprint density at radius 3 is 1.91 bits per heavy atom. The standard InChI is InChI=1S/C27H46O6/c1-2-3-4-5-6-7-8-9-10-11-12-13-14-16-21-17-15-18-22(19-21)32-27-26(31)25(30)24(29)23(20-28)33-27/h15,17-19,23-31H,2-14,16,20H2,1H3/t23?,24-,25-,26?,27+/m0/s1. The Hall–Kier alpha value is -1.18. The molecule has 5 atom stereocenters. The van der Waals surface area contributed by atoms with Crippen molar-refractivity contribution in [2.45, 2.75) is 128 Å². The molecule has 0 aliphatic carbocycles. The maximum Gasteiger partial charge on any atom is 0.229 e. The molecule has 33 heavy (non-hydrogen) atoms. The van der Waals surface area contributed by atoms with Gasteiger partial charge in [0.05, 0.1) is 6.61 Å². The van der Waals surface area contributed by atoms with Gasteiger partial charge < -0.3 is 29.9 Å². The Morgan fingerprint density at radius 1 is 0.758 bits per heavy atom. The van der Waals surface area contributed by atoms with Crippen molar-refractivity contribution in [3.05, 3.63) is 29.8 Å². The molecule has 0 amide bonds. The molecule has 0 bridgehead atoms. The summed E-state index contributed by atoms with van der Waals surface area (Å²) < 4.78 is 11.1. The molecule has 190 valence electrons. The van der Waals surface area contributed by atoms with Gasteiger partial charge in [0, 0.05) is 0 Å². The van der Waals surface area contributed by atoms with E-state index in [9.17, 15) is 20.4 Å². The first-order chi connectivity index (χ1) is 16.1. The van der Waals surface area contributed by atoms with Gasteiger partial charge in [0.15, 0.2) is 0 Å². The second-order valence-corrected chi connectivity index (χ2v) is 9.46. The lowest BCUT2D eigenvalue weighted by Gasteiger charge is -2.39. The summed E-state index contributed by atoms with van der Waals surface area (Å²) in [6.45, 7) is 1.80. The molecular formula is C27H46O6. The quantitative estimate of drug-likeness (QED) is 0.252. The number of hydrogen-bond donors (Lipinski definition) is 4. The van der Waals surface area contributed by atoms with Crippen LogP contribution in [0.4, 0.5) is 0 Å². The van der Waals surface area contributed by atoms with Crippen LogP contribution in [0.3, 0.4) is 0 Å². The van der Waals surface area contributed by atoms with Crippen LogP contribution < -0.4 is 4.74 Å². The van der Waals surface area contributed by atoms with E-state index in [1.54, 1.807) is 6.07 Å². The Balaban J connectivity index is 1.59. The van der Waals surface area contributed by atoms with Crippen LogP contribution >= 0.6 is 0 Å². The zero-order chi connectivity index (χ0) is 23.9. The molecule has 6 nitrogen and oxygen atoms in total. The zero-order valence-electron chi connectivity index (χ0n) is 20.4.